The molecule has 0 aliphatic rings. The lowest BCUT2D eigenvalue weighted by Gasteiger charge is -2.24. The van der Waals surface area contributed by atoms with Crippen molar-refractivity contribution in [1.29, 1.82) is 0 Å². The molecule has 0 radical (unpaired) electrons. The highest BCUT2D eigenvalue weighted by molar-refractivity contribution is 6.03. The molecule has 0 aliphatic heterocycles. The van der Waals surface area contributed by atoms with E-state index in [0.29, 0.717) is 11.4 Å². The fourth-order valence-corrected chi connectivity index (χ4v) is 1.45. The Balaban J connectivity index is 3.13. The predicted molar refractivity (Wildman–Crippen MR) is 71.4 cm³/mol. The zero-order valence-electron chi connectivity index (χ0n) is 11.6. The normalized spacial score (nSPS) is 12.4. The van der Waals surface area contributed by atoms with E-state index in [0.717, 1.165) is 0 Å². The number of aromatic nitrogens is 1. The number of hydrogen-bond donors (Lipinski definition) is 1. The van der Waals surface area contributed by atoms with E-state index in [4.69, 9.17) is 0 Å². The molecule has 17 heavy (non-hydrogen) atoms. The van der Waals surface area contributed by atoms with Crippen LogP contribution < -0.4 is 5.32 Å². The van der Waals surface area contributed by atoms with E-state index >= 15 is 0 Å². The number of nitrogens with zero attached hydrogens (tertiary/aromatic N) is 1. The van der Waals surface area contributed by atoms with Crippen LogP contribution in [0.1, 0.15) is 51.9 Å². The molecule has 0 amide bonds. The lowest BCUT2D eigenvalue weighted by Crippen LogP contribution is -2.29. The second-order valence-electron chi connectivity index (χ2n) is 6.35. The molecule has 3 heteroatoms. The molecule has 1 aromatic rings. The van der Waals surface area contributed by atoms with Crippen molar-refractivity contribution in [2.75, 3.05) is 5.32 Å². The topological polar surface area (TPSA) is 42.0 Å². The number of pyridine rings is 1. The monoisotopic (exact) mass is 234 g/mol. The molecule has 0 saturated heterocycles. The van der Waals surface area contributed by atoms with Crippen LogP contribution >= 0.6 is 0 Å². The first-order chi connectivity index (χ1) is 7.61. The van der Waals surface area contributed by atoms with Gasteiger partial charge in [0.2, 0.25) is 0 Å². The molecule has 0 spiro atoms. The van der Waals surface area contributed by atoms with Crippen LogP contribution in [0.15, 0.2) is 18.3 Å². The lowest BCUT2D eigenvalue weighted by molar-refractivity contribution is 0.0859. The second kappa shape index (κ2) is 4.47. The zero-order valence-corrected chi connectivity index (χ0v) is 11.6. The maximum atomic E-state index is 12.3. The SMILES string of the molecule is CC(C)(C)Nc1ncccc1C(=O)C(C)(C)C. The highest BCUT2D eigenvalue weighted by atomic mass is 16.1. The van der Waals surface area contributed by atoms with Crippen molar-refractivity contribution in [2.24, 2.45) is 5.41 Å². The third-order valence-electron chi connectivity index (χ3n) is 2.23. The van der Waals surface area contributed by atoms with Gasteiger partial charge in [-0.3, -0.25) is 4.79 Å². The summed E-state index contributed by atoms with van der Waals surface area (Å²) in [7, 11) is 0. The zero-order chi connectivity index (χ0) is 13.3. The summed E-state index contributed by atoms with van der Waals surface area (Å²) in [5, 5.41) is 3.27. The third kappa shape index (κ3) is 3.84. The van der Waals surface area contributed by atoms with Gasteiger partial charge in [-0.15, -0.1) is 0 Å². The van der Waals surface area contributed by atoms with E-state index < -0.39 is 5.41 Å². The summed E-state index contributed by atoms with van der Waals surface area (Å²) >= 11 is 0. The van der Waals surface area contributed by atoms with E-state index in [2.05, 4.69) is 10.3 Å². The number of rotatable bonds is 2. The highest BCUT2D eigenvalue weighted by Crippen LogP contribution is 2.25. The van der Waals surface area contributed by atoms with Gasteiger partial charge in [-0.2, -0.15) is 0 Å². The van der Waals surface area contributed by atoms with Crippen LogP contribution in [-0.4, -0.2) is 16.3 Å². The van der Waals surface area contributed by atoms with Crippen molar-refractivity contribution in [2.45, 2.75) is 47.1 Å². The Hall–Kier alpha value is -1.38. The average Bonchev–Trinajstić information content (AvgIpc) is 2.13. The van der Waals surface area contributed by atoms with E-state index in [1.165, 1.54) is 0 Å². The molecule has 1 rings (SSSR count). The Morgan fingerprint density at radius 2 is 1.76 bits per heavy atom. The number of anilines is 1. The van der Waals surface area contributed by atoms with Gasteiger partial charge >= 0.3 is 0 Å². The third-order valence-corrected chi connectivity index (χ3v) is 2.23. The first-order valence-electron chi connectivity index (χ1n) is 5.89. The quantitative estimate of drug-likeness (QED) is 0.796. The molecule has 0 bridgehead atoms. The molecule has 1 N–H and O–H groups in total. The average molecular weight is 234 g/mol. The number of nitrogens with one attached hydrogen (secondary N) is 1. The van der Waals surface area contributed by atoms with Crippen LogP contribution in [0.4, 0.5) is 5.82 Å². The summed E-state index contributed by atoms with van der Waals surface area (Å²) in [6.45, 7) is 11.9. The largest absolute Gasteiger partial charge is 0.365 e. The van der Waals surface area contributed by atoms with E-state index in [-0.39, 0.29) is 11.3 Å². The Morgan fingerprint density at radius 1 is 1.18 bits per heavy atom. The first-order valence-corrected chi connectivity index (χ1v) is 5.89. The van der Waals surface area contributed by atoms with Crippen molar-refractivity contribution in [3.63, 3.8) is 0 Å². The summed E-state index contributed by atoms with van der Waals surface area (Å²) in [5.41, 5.74) is 0.161. The number of carbonyl (C=O) groups is 1. The van der Waals surface area contributed by atoms with Crippen molar-refractivity contribution >= 4 is 11.6 Å². The molecule has 0 aromatic carbocycles. The predicted octanol–water partition coefficient (Wildman–Crippen LogP) is 3.52. The van der Waals surface area contributed by atoms with Crippen LogP contribution in [0, 0.1) is 5.41 Å². The first kappa shape index (κ1) is 13.7. The molecule has 94 valence electrons. The number of Topliss-reactive ketones (excluding diaryl/α,β-unsaturated/α-hetero) is 1. The highest BCUT2D eigenvalue weighted by Gasteiger charge is 2.26. The smallest absolute Gasteiger partial charge is 0.171 e. The molecule has 0 atom stereocenters. The molecule has 3 nitrogen and oxygen atoms in total. The van der Waals surface area contributed by atoms with Crippen LogP contribution in [0.5, 0.6) is 0 Å². The molecule has 0 unspecified atom stereocenters. The molecular weight excluding hydrogens is 212 g/mol. The fraction of sp³-hybridized carbons (Fsp3) is 0.571. The van der Waals surface area contributed by atoms with Crippen LogP contribution in [0.25, 0.3) is 0 Å². The van der Waals surface area contributed by atoms with Gasteiger partial charge in [0.1, 0.15) is 5.82 Å². The minimum atomic E-state index is -0.392. The van der Waals surface area contributed by atoms with Gasteiger partial charge in [0.05, 0.1) is 5.56 Å². The van der Waals surface area contributed by atoms with Crippen molar-refractivity contribution in [1.82, 2.24) is 4.98 Å². The summed E-state index contributed by atoms with van der Waals surface area (Å²) < 4.78 is 0. The van der Waals surface area contributed by atoms with Gasteiger partial charge in [0.15, 0.2) is 5.78 Å². The molecular formula is C14H22N2O. The molecule has 1 aromatic heterocycles. The standard InChI is InChI=1S/C14H22N2O/c1-13(2,3)11(17)10-8-7-9-15-12(10)16-14(4,5)6/h7-9H,1-6H3,(H,15,16). The Bertz CT molecular complexity index is 411. The summed E-state index contributed by atoms with van der Waals surface area (Å²) in [6, 6.07) is 3.63. The molecule has 1 heterocycles. The van der Waals surface area contributed by atoms with Gasteiger partial charge < -0.3 is 5.32 Å². The van der Waals surface area contributed by atoms with Crippen LogP contribution in [0.3, 0.4) is 0 Å². The van der Waals surface area contributed by atoms with Crippen molar-refractivity contribution < 1.29 is 4.79 Å². The van der Waals surface area contributed by atoms with Gasteiger partial charge in [-0.1, -0.05) is 20.8 Å². The second-order valence-corrected chi connectivity index (χ2v) is 6.35. The summed E-state index contributed by atoms with van der Waals surface area (Å²) in [5.74, 6) is 0.775. The minimum absolute atomic E-state index is 0.109. The van der Waals surface area contributed by atoms with Crippen molar-refractivity contribution in [3.8, 4) is 0 Å². The maximum absolute atomic E-state index is 12.3. The van der Waals surface area contributed by atoms with Gasteiger partial charge in [-0.25, -0.2) is 4.98 Å². The van der Waals surface area contributed by atoms with Gasteiger partial charge in [-0.05, 0) is 32.9 Å². The van der Waals surface area contributed by atoms with E-state index in [1.54, 1.807) is 12.3 Å². The lowest BCUT2D eigenvalue weighted by atomic mass is 9.86. The Labute approximate surface area is 104 Å². The molecule has 0 fully saturated rings. The molecule has 0 aliphatic carbocycles. The maximum Gasteiger partial charge on any atom is 0.171 e. The Kier molecular flexibility index (Phi) is 3.60. The Morgan fingerprint density at radius 3 is 2.24 bits per heavy atom. The minimum Gasteiger partial charge on any atom is -0.365 e. The molecule has 0 saturated carbocycles. The van der Waals surface area contributed by atoms with Gasteiger partial charge in [0, 0.05) is 17.2 Å². The number of hydrogen-bond acceptors (Lipinski definition) is 3. The van der Waals surface area contributed by atoms with Gasteiger partial charge in [0.25, 0.3) is 0 Å². The van der Waals surface area contributed by atoms with Crippen LogP contribution in [-0.2, 0) is 0 Å². The van der Waals surface area contributed by atoms with Crippen LogP contribution in [0.2, 0.25) is 0 Å². The number of ketones is 1. The number of carbonyl (C=O) groups excluding carboxylic acids is 1. The summed E-state index contributed by atoms with van der Waals surface area (Å²) in [6.07, 6.45) is 1.70. The fourth-order valence-electron chi connectivity index (χ4n) is 1.45. The summed E-state index contributed by atoms with van der Waals surface area (Å²) in [4.78, 5) is 16.6. The van der Waals surface area contributed by atoms with Crippen molar-refractivity contribution in [3.05, 3.63) is 23.9 Å². The van der Waals surface area contributed by atoms with E-state index in [1.807, 2.05) is 47.6 Å². The van der Waals surface area contributed by atoms with E-state index in [9.17, 15) is 4.79 Å².